The number of ether oxygens (including phenoxy) is 2. The summed E-state index contributed by atoms with van der Waals surface area (Å²) in [4.78, 5) is 14.8. The Kier molecular flexibility index (Phi) is 6.85. The Balaban J connectivity index is 1.63. The first-order valence-electron chi connectivity index (χ1n) is 9.60. The number of carbonyl (C=O) groups is 1. The van der Waals surface area contributed by atoms with Gasteiger partial charge in [-0.3, -0.25) is 0 Å². The molecule has 5 nitrogen and oxygen atoms in total. The van der Waals surface area contributed by atoms with Gasteiger partial charge in [-0.05, 0) is 68.7 Å². The molecule has 0 radical (unpaired) electrons. The summed E-state index contributed by atoms with van der Waals surface area (Å²) >= 11 is 0. The Morgan fingerprint density at radius 1 is 1.07 bits per heavy atom. The number of nitrogens with two attached hydrogens (primary N) is 1. The smallest absolute Gasteiger partial charge is 0.343 e. The summed E-state index contributed by atoms with van der Waals surface area (Å²) in [7, 11) is 1.57. The van der Waals surface area contributed by atoms with E-state index in [1.54, 1.807) is 37.4 Å². The first-order valence-corrected chi connectivity index (χ1v) is 9.60. The van der Waals surface area contributed by atoms with E-state index in [1.165, 1.54) is 32.4 Å². The Morgan fingerprint density at radius 3 is 2.52 bits per heavy atom. The van der Waals surface area contributed by atoms with E-state index in [2.05, 4.69) is 4.90 Å². The number of benzene rings is 2. The van der Waals surface area contributed by atoms with Crippen LogP contribution in [0.3, 0.4) is 0 Å². The van der Waals surface area contributed by atoms with Crippen molar-refractivity contribution < 1.29 is 14.3 Å². The molecule has 1 saturated heterocycles. The van der Waals surface area contributed by atoms with Crippen molar-refractivity contribution in [1.82, 2.24) is 4.90 Å². The molecule has 0 aromatic heterocycles. The van der Waals surface area contributed by atoms with Crippen molar-refractivity contribution >= 4 is 5.97 Å². The number of nitrogens with zero attached hydrogens (tertiary/aromatic N) is 1. The van der Waals surface area contributed by atoms with Crippen molar-refractivity contribution in [3.05, 3.63) is 59.7 Å². The first-order chi connectivity index (χ1) is 13.2. The summed E-state index contributed by atoms with van der Waals surface area (Å²) in [5.74, 6) is 0.514. The Morgan fingerprint density at radius 2 is 1.81 bits per heavy atom. The summed E-state index contributed by atoms with van der Waals surface area (Å²) in [6.45, 7) is 3.35. The van der Waals surface area contributed by atoms with Crippen molar-refractivity contribution in [2.75, 3.05) is 26.7 Å². The molecule has 5 heteroatoms. The molecule has 1 aliphatic rings. The molecule has 1 atom stereocenters. The van der Waals surface area contributed by atoms with Crippen LogP contribution >= 0.6 is 0 Å². The normalized spacial score (nSPS) is 15.9. The summed E-state index contributed by atoms with van der Waals surface area (Å²) < 4.78 is 10.9. The highest BCUT2D eigenvalue weighted by atomic mass is 16.6. The predicted octanol–water partition coefficient (Wildman–Crippen LogP) is 3.79. The van der Waals surface area contributed by atoms with E-state index in [-0.39, 0.29) is 6.04 Å². The lowest BCUT2D eigenvalue weighted by Gasteiger charge is -2.27. The van der Waals surface area contributed by atoms with Crippen LogP contribution in [0.25, 0.3) is 0 Å². The minimum Gasteiger partial charge on any atom is -0.493 e. The van der Waals surface area contributed by atoms with Crippen LogP contribution < -0.4 is 15.2 Å². The second-order valence-electron chi connectivity index (χ2n) is 6.96. The zero-order chi connectivity index (χ0) is 19.1. The van der Waals surface area contributed by atoms with Gasteiger partial charge in [0, 0.05) is 6.04 Å². The maximum absolute atomic E-state index is 12.3. The topological polar surface area (TPSA) is 64.8 Å². The van der Waals surface area contributed by atoms with Crippen LogP contribution in [0.4, 0.5) is 0 Å². The zero-order valence-electron chi connectivity index (χ0n) is 15.9. The lowest BCUT2D eigenvalue weighted by atomic mass is 10.0. The highest BCUT2D eigenvalue weighted by molar-refractivity contribution is 5.91. The quantitative estimate of drug-likeness (QED) is 0.595. The molecule has 2 aromatic carbocycles. The van der Waals surface area contributed by atoms with Crippen LogP contribution in [-0.4, -0.2) is 37.6 Å². The molecule has 27 heavy (non-hydrogen) atoms. The van der Waals surface area contributed by atoms with Crippen LogP contribution in [0.2, 0.25) is 0 Å². The van der Waals surface area contributed by atoms with E-state index in [0.29, 0.717) is 17.1 Å². The Hall–Kier alpha value is -2.37. The van der Waals surface area contributed by atoms with Gasteiger partial charge in [-0.15, -0.1) is 0 Å². The summed E-state index contributed by atoms with van der Waals surface area (Å²) in [6, 6.07) is 14.4. The highest BCUT2D eigenvalue weighted by Gasteiger charge is 2.16. The molecule has 0 saturated carbocycles. The molecule has 1 unspecified atom stereocenters. The third-order valence-electron chi connectivity index (χ3n) is 5.03. The number of hydrogen-bond donors (Lipinski definition) is 1. The fourth-order valence-corrected chi connectivity index (χ4v) is 3.40. The van der Waals surface area contributed by atoms with E-state index in [1.807, 2.05) is 18.2 Å². The van der Waals surface area contributed by atoms with Crippen molar-refractivity contribution in [2.24, 2.45) is 5.73 Å². The molecule has 2 aromatic rings. The third kappa shape index (κ3) is 5.31. The molecule has 2 N–H and O–H groups in total. The van der Waals surface area contributed by atoms with E-state index < -0.39 is 5.97 Å². The Labute approximate surface area is 161 Å². The minimum atomic E-state index is -0.406. The van der Waals surface area contributed by atoms with Crippen molar-refractivity contribution in [3.8, 4) is 11.5 Å². The number of rotatable bonds is 7. The predicted molar refractivity (Wildman–Crippen MR) is 106 cm³/mol. The maximum Gasteiger partial charge on any atom is 0.343 e. The van der Waals surface area contributed by atoms with Crippen LogP contribution in [0.1, 0.15) is 47.6 Å². The third-order valence-corrected chi connectivity index (χ3v) is 5.03. The largest absolute Gasteiger partial charge is 0.493 e. The van der Waals surface area contributed by atoms with Gasteiger partial charge >= 0.3 is 5.97 Å². The van der Waals surface area contributed by atoms with Gasteiger partial charge < -0.3 is 20.1 Å². The number of piperidine rings is 1. The van der Waals surface area contributed by atoms with E-state index in [9.17, 15) is 4.79 Å². The fourth-order valence-electron chi connectivity index (χ4n) is 3.40. The number of hydrogen-bond acceptors (Lipinski definition) is 5. The Bertz CT molecular complexity index is 742. The number of methoxy groups -OCH3 is 1. The fraction of sp³-hybridized carbons (Fsp3) is 0.409. The summed E-state index contributed by atoms with van der Waals surface area (Å²) in [5.41, 5.74) is 7.88. The molecular formula is C22H28N2O3. The second-order valence-corrected chi connectivity index (χ2v) is 6.96. The van der Waals surface area contributed by atoms with Crippen LogP contribution in [0.15, 0.2) is 48.5 Å². The summed E-state index contributed by atoms with van der Waals surface area (Å²) in [5, 5.41) is 0. The van der Waals surface area contributed by atoms with Gasteiger partial charge in [0.2, 0.25) is 0 Å². The lowest BCUT2D eigenvalue weighted by Crippen LogP contribution is -2.32. The van der Waals surface area contributed by atoms with Gasteiger partial charge in [0.15, 0.2) is 11.5 Å². The molecule has 144 valence electrons. The number of carbonyl (C=O) groups excluding carboxylic acids is 1. The first kappa shape index (κ1) is 19.4. The van der Waals surface area contributed by atoms with Crippen LogP contribution in [0.5, 0.6) is 11.5 Å². The molecule has 1 fully saturated rings. The summed E-state index contributed by atoms with van der Waals surface area (Å²) in [6.07, 6.45) is 4.80. The van der Waals surface area contributed by atoms with E-state index in [4.69, 9.17) is 15.2 Å². The molecule has 0 spiro atoms. The van der Waals surface area contributed by atoms with Gasteiger partial charge in [-0.2, -0.15) is 0 Å². The van der Waals surface area contributed by atoms with E-state index in [0.717, 1.165) is 18.5 Å². The van der Waals surface area contributed by atoms with Gasteiger partial charge in [0.25, 0.3) is 0 Å². The van der Waals surface area contributed by atoms with Crippen molar-refractivity contribution in [1.29, 1.82) is 0 Å². The molecule has 1 aliphatic heterocycles. The monoisotopic (exact) mass is 368 g/mol. The van der Waals surface area contributed by atoms with Gasteiger partial charge in [0.05, 0.1) is 12.7 Å². The highest BCUT2D eigenvalue weighted by Crippen LogP contribution is 2.31. The average Bonchev–Trinajstić information content (AvgIpc) is 2.73. The standard InChI is InChI=1S/C22H28N2O3/c1-26-21-16-18(19(23)12-15-24-13-6-3-7-14-24)10-11-20(21)27-22(25)17-8-4-2-5-9-17/h2,4-5,8-11,16,19H,3,6-7,12-15,23H2,1H3. The number of likely N-dealkylation sites (tertiary alicyclic amines) is 1. The molecule has 0 amide bonds. The molecule has 1 heterocycles. The van der Waals surface area contributed by atoms with Gasteiger partial charge in [0.1, 0.15) is 0 Å². The minimum absolute atomic E-state index is 0.0697. The van der Waals surface area contributed by atoms with Gasteiger partial charge in [-0.1, -0.05) is 30.7 Å². The molecular weight excluding hydrogens is 340 g/mol. The second kappa shape index (κ2) is 9.53. The zero-order valence-corrected chi connectivity index (χ0v) is 15.9. The number of esters is 1. The average molecular weight is 368 g/mol. The SMILES string of the molecule is COc1cc(C(N)CCN2CCCCC2)ccc1OC(=O)c1ccccc1. The maximum atomic E-state index is 12.3. The van der Waals surface area contributed by atoms with Gasteiger partial charge in [-0.25, -0.2) is 4.79 Å². The molecule has 0 bridgehead atoms. The van der Waals surface area contributed by atoms with Crippen LogP contribution in [0, 0.1) is 0 Å². The van der Waals surface area contributed by atoms with E-state index >= 15 is 0 Å². The van der Waals surface area contributed by atoms with Crippen molar-refractivity contribution in [3.63, 3.8) is 0 Å². The van der Waals surface area contributed by atoms with Crippen molar-refractivity contribution in [2.45, 2.75) is 31.7 Å². The molecule has 0 aliphatic carbocycles. The molecule has 3 rings (SSSR count). The van der Waals surface area contributed by atoms with Crippen LogP contribution in [-0.2, 0) is 0 Å². The lowest BCUT2D eigenvalue weighted by molar-refractivity contribution is 0.0729.